The minimum atomic E-state index is 0.782. The highest BCUT2D eigenvalue weighted by Crippen LogP contribution is 2.37. The van der Waals surface area contributed by atoms with Crippen LogP contribution in [0, 0.1) is 17.8 Å². The molecule has 1 aromatic carbocycles. The Hall–Kier alpha value is -0.980. The van der Waals surface area contributed by atoms with E-state index < -0.39 is 0 Å². The topological polar surface area (TPSA) is 9.23 Å². The summed E-state index contributed by atoms with van der Waals surface area (Å²) in [5, 5.41) is 0. The quantitative estimate of drug-likeness (QED) is 0.433. The molecular formula is C25H40O. The van der Waals surface area contributed by atoms with E-state index in [9.17, 15) is 0 Å². The maximum Gasteiger partial charge on any atom is 0.119 e. The third-order valence-electron chi connectivity index (χ3n) is 7.34. The summed E-state index contributed by atoms with van der Waals surface area (Å²) in [5.41, 5.74) is 1.53. The van der Waals surface area contributed by atoms with Gasteiger partial charge < -0.3 is 4.74 Å². The average Bonchev–Trinajstić information content (AvgIpc) is 2.72. The molecule has 2 aliphatic carbocycles. The van der Waals surface area contributed by atoms with Crippen molar-refractivity contribution in [2.45, 2.75) is 96.8 Å². The molecule has 0 heterocycles. The van der Waals surface area contributed by atoms with Crippen molar-refractivity contribution in [1.29, 1.82) is 0 Å². The molecule has 3 rings (SSSR count). The van der Waals surface area contributed by atoms with Gasteiger partial charge in [-0.3, -0.25) is 0 Å². The van der Waals surface area contributed by atoms with Crippen LogP contribution in [0.5, 0.6) is 5.75 Å². The number of hydrogen-bond acceptors (Lipinski definition) is 1. The molecular weight excluding hydrogens is 316 g/mol. The van der Waals surface area contributed by atoms with Crippen molar-refractivity contribution in [3.8, 4) is 5.75 Å². The van der Waals surface area contributed by atoms with Gasteiger partial charge in [-0.1, -0.05) is 64.5 Å². The lowest BCUT2D eigenvalue weighted by Gasteiger charge is -2.28. The first kappa shape index (κ1) is 19.8. The van der Waals surface area contributed by atoms with Gasteiger partial charge in [-0.05, 0) is 79.9 Å². The summed E-state index contributed by atoms with van der Waals surface area (Å²) in [6, 6.07) is 9.04. The summed E-state index contributed by atoms with van der Waals surface area (Å²) in [6.07, 6.45) is 16.7. The van der Waals surface area contributed by atoms with Crippen LogP contribution in [0.1, 0.15) is 102 Å². The third-order valence-corrected chi connectivity index (χ3v) is 7.34. The summed E-state index contributed by atoms with van der Waals surface area (Å²) in [7, 11) is 0. The number of ether oxygens (including phenoxy) is 1. The number of benzene rings is 1. The molecule has 1 nitrogen and oxygen atoms in total. The Morgan fingerprint density at radius 2 is 1.27 bits per heavy atom. The van der Waals surface area contributed by atoms with Crippen molar-refractivity contribution in [2.24, 2.45) is 17.8 Å². The summed E-state index contributed by atoms with van der Waals surface area (Å²) < 4.78 is 6.02. The van der Waals surface area contributed by atoms with Crippen LogP contribution in [0.25, 0.3) is 0 Å². The second-order valence-corrected chi connectivity index (χ2v) is 8.98. The van der Waals surface area contributed by atoms with Crippen molar-refractivity contribution in [3.63, 3.8) is 0 Å². The van der Waals surface area contributed by atoms with Crippen LogP contribution < -0.4 is 4.74 Å². The molecule has 0 bridgehead atoms. The molecule has 1 heteroatoms. The Bertz CT molecular complexity index is 489. The highest BCUT2D eigenvalue weighted by atomic mass is 16.5. The largest absolute Gasteiger partial charge is 0.494 e. The molecule has 2 aliphatic rings. The molecule has 2 saturated carbocycles. The summed E-state index contributed by atoms with van der Waals surface area (Å²) in [6.45, 7) is 5.57. The van der Waals surface area contributed by atoms with Crippen molar-refractivity contribution in [2.75, 3.05) is 6.61 Å². The molecule has 0 spiro atoms. The first-order valence-electron chi connectivity index (χ1n) is 11.5. The Kier molecular flexibility index (Phi) is 7.89. The van der Waals surface area contributed by atoms with Crippen LogP contribution in [0.3, 0.4) is 0 Å². The molecule has 0 N–H and O–H groups in total. The SMILES string of the molecule is CC[C@H]1CC[C@H](CCCOc2ccc([C@H]3CC[C@H](CC)CC3)cc2)CC1. The zero-order chi connectivity index (χ0) is 18.2. The lowest BCUT2D eigenvalue weighted by molar-refractivity contribution is 0.234. The van der Waals surface area contributed by atoms with E-state index in [4.69, 9.17) is 4.74 Å². The molecule has 0 radical (unpaired) electrons. The fourth-order valence-corrected chi connectivity index (χ4v) is 5.23. The Balaban J connectivity index is 1.33. The molecule has 1 aromatic rings. The van der Waals surface area contributed by atoms with E-state index in [1.165, 1.54) is 82.6 Å². The molecule has 2 fully saturated rings. The molecule has 0 saturated heterocycles. The predicted octanol–water partition coefficient (Wildman–Crippen LogP) is 7.75. The summed E-state index contributed by atoms with van der Waals surface area (Å²) in [5.74, 6) is 4.79. The van der Waals surface area contributed by atoms with Crippen molar-refractivity contribution < 1.29 is 4.74 Å². The summed E-state index contributed by atoms with van der Waals surface area (Å²) in [4.78, 5) is 0. The molecule has 0 aromatic heterocycles. The van der Waals surface area contributed by atoms with Gasteiger partial charge >= 0.3 is 0 Å². The highest BCUT2D eigenvalue weighted by Gasteiger charge is 2.21. The first-order chi connectivity index (χ1) is 12.8. The van der Waals surface area contributed by atoms with Crippen molar-refractivity contribution in [1.82, 2.24) is 0 Å². The fraction of sp³-hybridized carbons (Fsp3) is 0.760. The van der Waals surface area contributed by atoms with Crippen molar-refractivity contribution in [3.05, 3.63) is 29.8 Å². The lowest BCUT2D eigenvalue weighted by atomic mass is 9.78. The van der Waals surface area contributed by atoms with E-state index in [-0.39, 0.29) is 0 Å². The van der Waals surface area contributed by atoms with Crippen LogP contribution in [-0.4, -0.2) is 6.61 Å². The summed E-state index contributed by atoms with van der Waals surface area (Å²) >= 11 is 0. The van der Waals surface area contributed by atoms with Crippen LogP contribution in [0.2, 0.25) is 0 Å². The van der Waals surface area contributed by atoms with Gasteiger partial charge in [0.25, 0.3) is 0 Å². The van der Waals surface area contributed by atoms with Crippen molar-refractivity contribution >= 4 is 0 Å². The van der Waals surface area contributed by atoms with Crippen LogP contribution in [0.4, 0.5) is 0 Å². The minimum Gasteiger partial charge on any atom is -0.494 e. The van der Waals surface area contributed by atoms with Gasteiger partial charge in [0.1, 0.15) is 5.75 Å². The molecule has 0 amide bonds. The van der Waals surface area contributed by atoms with Gasteiger partial charge in [0.15, 0.2) is 0 Å². The second kappa shape index (κ2) is 10.4. The highest BCUT2D eigenvalue weighted by molar-refractivity contribution is 5.29. The van der Waals surface area contributed by atoms with Gasteiger partial charge in [0, 0.05) is 0 Å². The van der Waals surface area contributed by atoms with E-state index >= 15 is 0 Å². The van der Waals surface area contributed by atoms with Crippen LogP contribution in [0.15, 0.2) is 24.3 Å². The van der Waals surface area contributed by atoms with E-state index in [1.54, 1.807) is 0 Å². The van der Waals surface area contributed by atoms with Crippen LogP contribution >= 0.6 is 0 Å². The maximum atomic E-state index is 6.02. The second-order valence-electron chi connectivity index (χ2n) is 8.98. The van der Waals surface area contributed by atoms with Gasteiger partial charge in [-0.25, -0.2) is 0 Å². The molecule has 26 heavy (non-hydrogen) atoms. The van der Waals surface area contributed by atoms with Gasteiger partial charge in [-0.2, -0.15) is 0 Å². The van der Waals surface area contributed by atoms with E-state index in [2.05, 4.69) is 38.1 Å². The monoisotopic (exact) mass is 356 g/mol. The molecule has 0 aliphatic heterocycles. The number of hydrogen-bond donors (Lipinski definition) is 0. The minimum absolute atomic E-state index is 0.782. The molecule has 0 unspecified atom stereocenters. The lowest BCUT2D eigenvalue weighted by Crippen LogP contribution is -2.14. The first-order valence-corrected chi connectivity index (χ1v) is 11.5. The zero-order valence-electron chi connectivity index (χ0n) is 17.2. The van der Waals surface area contributed by atoms with Crippen LogP contribution in [-0.2, 0) is 0 Å². The average molecular weight is 357 g/mol. The predicted molar refractivity (Wildman–Crippen MR) is 112 cm³/mol. The maximum absolute atomic E-state index is 6.02. The zero-order valence-corrected chi connectivity index (χ0v) is 17.2. The van der Waals surface area contributed by atoms with Gasteiger partial charge in [0.2, 0.25) is 0 Å². The Labute approximate surface area is 161 Å². The third kappa shape index (κ3) is 5.76. The standard InChI is InChI=1S/C25H40O/c1-3-20-7-9-22(10-8-20)6-5-19-26-25-17-15-24(16-18-25)23-13-11-21(4-2)12-14-23/h15-18,20-23H,3-14,19H2,1-2H3/t20-,21-,22-,23-. The number of rotatable bonds is 8. The van der Waals surface area contributed by atoms with Gasteiger partial charge in [0.05, 0.1) is 6.61 Å². The molecule has 0 atom stereocenters. The normalized spacial score (nSPS) is 29.5. The van der Waals surface area contributed by atoms with E-state index in [1.807, 2.05) is 0 Å². The van der Waals surface area contributed by atoms with E-state index in [0.29, 0.717) is 0 Å². The smallest absolute Gasteiger partial charge is 0.119 e. The Morgan fingerprint density at radius 1 is 0.731 bits per heavy atom. The fourth-order valence-electron chi connectivity index (χ4n) is 5.23. The van der Waals surface area contributed by atoms with E-state index in [0.717, 1.165) is 36.0 Å². The van der Waals surface area contributed by atoms with Gasteiger partial charge in [-0.15, -0.1) is 0 Å². The molecule has 146 valence electrons. The Morgan fingerprint density at radius 3 is 1.85 bits per heavy atom.